The average Bonchev–Trinajstić information content (AvgIpc) is 3.36. The number of aromatic nitrogens is 1. The van der Waals surface area contributed by atoms with E-state index in [0.717, 1.165) is 16.6 Å². The molecule has 0 saturated carbocycles. The Bertz CT molecular complexity index is 1190. The molecule has 9 heteroatoms. The van der Waals surface area contributed by atoms with Crippen LogP contribution in [0.4, 0.5) is 4.79 Å². The van der Waals surface area contributed by atoms with Crippen LogP contribution in [-0.4, -0.2) is 46.8 Å². The summed E-state index contributed by atoms with van der Waals surface area (Å²) in [6.45, 7) is 2.21. The molecule has 0 radical (unpaired) electrons. The number of amides is 3. The van der Waals surface area contributed by atoms with Gasteiger partial charge in [0.25, 0.3) is 5.91 Å². The number of nitrogens with zero attached hydrogens (tertiary/aromatic N) is 2. The largest absolute Gasteiger partial charge is 0.497 e. The van der Waals surface area contributed by atoms with Crippen molar-refractivity contribution in [2.75, 3.05) is 13.7 Å². The number of hydrogen-bond acceptors (Lipinski definition) is 6. The van der Waals surface area contributed by atoms with E-state index < -0.39 is 17.8 Å². The van der Waals surface area contributed by atoms with E-state index in [2.05, 4.69) is 15.6 Å². The lowest BCUT2D eigenvalue weighted by Crippen LogP contribution is -2.54. The van der Waals surface area contributed by atoms with E-state index in [1.54, 1.807) is 30.2 Å². The van der Waals surface area contributed by atoms with Crippen LogP contribution in [0, 0.1) is 6.92 Å². The van der Waals surface area contributed by atoms with Crippen LogP contribution in [-0.2, 0) is 12.1 Å². The summed E-state index contributed by atoms with van der Waals surface area (Å²) in [4.78, 5) is 31.1. The SMILES string of the molecule is COc1ccc2c(c1)C(=O)N(C[C@@]1(c3cc4ccc(C)nc4o3)NC(=O)NC1O)C2. The maximum atomic E-state index is 13.0. The number of carbonyl (C=O) groups is 2. The molecule has 2 aliphatic heterocycles. The van der Waals surface area contributed by atoms with Gasteiger partial charge in [0.2, 0.25) is 5.71 Å². The molecule has 3 N–H and O–H groups in total. The highest BCUT2D eigenvalue weighted by molar-refractivity contribution is 5.99. The van der Waals surface area contributed by atoms with Gasteiger partial charge in [-0.2, -0.15) is 0 Å². The van der Waals surface area contributed by atoms with Crippen LogP contribution in [0.25, 0.3) is 11.1 Å². The highest BCUT2D eigenvalue weighted by Gasteiger charge is 2.52. The lowest BCUT2D eigenvalue weighted by Gasteiger charge is -2.33. The van der Waals surface area contributed by atoms with E-state index in [1.165, 1.54) is 0 Å². The number of methoxy groups -OCH3 is 1. The monoisotopic (exact) mass is 408 g/mol. The molecule has 4 heterocycles. The standard InChI is InChI=1S/C21H20N4O5/c1-11-3-4-12-7-16(30-17(12)22-11)21(19(27)23-20(28)24-21)10-25-9-13-5-6-14(29-2)8-15(13)18(25)26/h3-8,19,27H,9-10H2,1-2H3,(H2,23,24,28)/t19?,21-/m0/s1. The smallest absolute Gasteiger partial charge is 0.317 e. The molecule has 2 aliphatic rings. The molecule has 0 bridgehead atoms. The molecule has 5 rings (SSSR count). The fraction of sp³-hybridized carbons (Fsp3) is 0.286. The summed E-state index contributed by atoms with van der Waals surface area (Å²) < 4.78 is 11.2. The second kappa shape index (κ2) is 6.46. The molecule has 154 valence electrons. The van der Waals surface area contributed by atoms with Gasteiger partial charge in [0, 0.05) is 23.2 Å². The molecule has 3 aromatic rings. The van der Waals surface area contributed by atoms with Crippen molar-refractivity contribution >= 4 is 23.0 Å². The van der Waals surface area contributed by atoms with Crippen LogP contribution in [0.15, 0.2) is 40.8 Å². The van der Waals surface area contributed by atoms with Crippen LogP contribution >= 0.6 is 0 Å². The quantitative estimate of drug-likeness (QED) is 0.604. The zero-order chi connectivity index (χ0) is 21.0. The Morgan fingerprint density at radius 1 is 1.30 bits per heavy atom. The lowest BCUT2D eigenvalue weighted by molar-refractivity contribution is 0.0352. The Balaban J connectivity index is 1.54. The maximum absolute atomic E-state index is 13.0. The predicted molar refractivity (Wildman–Crippen MR) is 106 cm³/mol. The topological polar surface area (TPSA) is 117 Å². The second-order valence-corrected chi connectivity index (χ2v) is 7.61. The number of rotatable bonds is 4. The fourth-order valence-electron chi connectivity index (χ4n) is 4.08. The third-order valence-electron chi connectivity index (χ3n) is 5.67. The first-order valence-electron chi connectivity index (χ1n) is 9.50. The van der Waals surface area contributed by atoms with Crippen LogP contribution < -0.4 is 15.4 Å². The van der Waals surface area contributed by atoms with Crippen molar-refractivity contribution in [1.82, 2.24) is 20.5 Å². The minimum Gasteiger partial charge on any atom is -0.497 e. The van der Waals surface area contributed by atoms with Crippen molar-refractivity contribution in [1.29, 1.82) is 0 Å². The van der Waals surface area contributed by atoms with Crippen molar-refractivity contribution < 1.29 is 23.8 Å². The summed E-state index contributed by atoms with van der Waals surface area (Å²) >= 11 is 0. The van der Waals surface area contributed by atoms with E-state index in [9.17, 15) is 14.7 Å². The number of benzene rings is 1. The molecule has 0 spiro atoms. The van der Waals surface area contributed by atoms with E-state index >= 15 is 0 Å². The number of pyridine rings is 1. The molecule has 3 amide bonds. The first-order chi connectivity index (χ1) is 14.4. The highest BCUT2D eigenvalue weighted by Crippen LogP contribution is 2.36. The number of hydrogen-bond donors (Lipinski definition) is 3. The molecule has 30 heavy (non-hydrogen) atoms. The molecule has 2 aromatic heterocycles. The molecule has 1 fully saturated rings. The van der Waals surface area contributed by atoms with Crippen LogP contribution in [0.5, 0.6) is 5.75 Å². The van der Waals surface area contributed by atoms with Crippen LogP contribution in [0.1, 0.15) is 27.4 Å². The van der Waals surface area contributed by atoms with Gasteiger partial charge in [0.05, 0.1) is 13.7 Å². The fourth-order valence-corrected chi connectivity index (χ4v) is 4.08. The molecule has 1 aromatic carbocycles. The third-order valence-corrected chi connectivity index (χ3v) is 5.67. The Hall–Kier alpha value is -3.59. The van der Waals surface area contributed by atoms with E-state index in [-0.39, 0.29) is 12.5 Å². The van der Waals surface area contributed by atoms with Crippen molar-refractivity contribution in [2.45, 2.75) is 25.2 Å². The van der Waals surface area contributed by atoms with E-state index in [4.69, 9.17) is 9.15 Å². The molecule has 0 aliphatic carbocycles. The van der Waals surface area contributed by atoms with Gasteiger partial charge in [-0.05, 0) is 42.8 Å². The summed E-state index contributed by atoms with van der Waals surface area (Å²) in [5.74, 6) is 0.706. The lowest BCUT2D eigenvalue weighted by atomic mass is 9.94. The summed E-state index contributed by atoms with van der Waals surface area (Å²) in [6.07, 6.45) is -1.29. The van der Waals surface area contributed by atoms with Gasteiger partial charge in [-0.25, -0.2) is 9.78 Å². The first-order valence-corrected chi connectivity index (χ1v) is 9.50. The molecule has 2 atom stereocenters. The minimum atomic E-state index is -1.35. The van der Waals surface area contributed by atoms with Gasteiger partial charge in [-0.1, -0.05) is 6.07 Å². The minimum absolute atomic E-state index is 0.0154. The summed E-state index contributed by atoms with van der Waals surface area (Å²) in [7, 11) is 1.54. The van der Waals surface area contributed by atoms with Gasteiger partial charge in [0.1, 0.15) is 11.5 Å². The number of aliphatic hydroxyl groups excluding tert-OH is 1. The number of furan rings is 1. The number of urea groups is 1. The van der Waals surface area contributed by atoms with E-state index in [1.807, 2.05) is 25.1 Å². The zero-order valence-electron chi connectivity index (χ0n) is 16.4. The number of ether oxygens (including phenoxy) is 1. The number of carbonyl (C=O) groups excluding carboxylic acids is 2. The Morgan fingerprint density at radius 2 is 2.13 bits per heavy atom. The van der Waals surface area contributed by atoms with Gasteiger partial charge in [-0.15, -0.1) is 0 Å². The van der Waals surface area contributed by atoms with Crippen LogP contribution in [0.3, 0.4) is 0 Å². The summed E-state index contributed by atoms with van der Waals surface area (Å²) in [6, 6.07) is 10.2. The third kappa shape index (κ3) is 2.70. The van der Waals surface area contributed by atoms with Crippen molar-refractivity contribution in [3.8, 4) is 5.75 Å². The average molecular weight is 408 g/mol. The summed E-state index contributed by atoms with van der Waals surface area (Å²) in [5.41, 5.74) is 1.22. The summed E-state index contributed by atoms with van der Waals surface area (Å²) in [5, 5.41) is 16.7. The first kappa shape index (κ1) is 18.4. The molecular weight excluding hydrogens is 388 g/mol. The van der Waals surface area contributed by atoms with Gasteiger partial charge >= 0.3 is 6.03 Å². The Labute approximate surface area is 171 Å². The van der Waals surface area contributed by atoms with Crippen molar-refractivity contribution in [2.24, 2.45) is 0 Å². The molecule has 1 saturated heterocycles. The molecular formula is C21H20N4O5. The van der Waals surface area contributed by atoms with Crippen molar-refractivity contribution in [3.63, 3.8) is 0 Å². The van der Waals surface area contributed by atoms with Crippen LogP contribution in [0.2, 0.25) is 0 Å². The number of fused-ring (bicyclic) bond motifs is 2. The Morgan fingerprint density at radius 3 is 2.87 bits per heavy atom. The van der Waals surface area contributed by atoms with Crippen molar-refractivity contribution in [3.05, 3.63) is 59.0 Å². The normalized spacial score (nSPS) is 22.9. The number of aliphatic hydroxyl groups is 1. The predicted octanol–water partition coefficient (Wildman–Crippen LogP) is 1.63. The maximum Gasteiger partial charge on any atom is 0.317 e. The number of nitrogens with one attached hydrogen (secondary N) is 2. The van der Waals surface area contributed by atoms with E-state index in [0.29, 0.717) is 29.3 Å². The second-order valence-electron chi connectivity index (χ2n) is 7.61. The Kier molecular flexibility index (Phi) is 3.97. The van der Waals surface area contributed by atoms with Gasteiger partial charge < -0.3 is 29.8 Å². The molecule has 9 nitrogen and oxygen atoms in total. The number of aryl methyl sites for hydroxylation is 1. The van der Waals surface area contributed by atoms with Gasteiger partial charge in [-0.3, -0.25) is 4.79 Å². The van der Waals surface area contributed by atoms with Gasteiger partial charge in [0.15, 0.2) is 11.8 Å². The highest BCUT2D eigenvalue weighted by atomic mass is 16.5. The molecule has 1 unspecified atom stereocenters. The zero-order valence-corrected chi connectivity index (χ0v) is 16.4.